The molecule has 7 heteroatoms. The molecule has 0 spiro atoms. The summed E-state index contributed by atoms with van der Waals surface area (Å²) in [7, 11) is 0. The Morgan fingerprint density at radius 2 is 1.88 bits per heavy atom. The molecule has 4 rings (SSSR count). The van der Waals surface area contributed by atoms with Crippen LogP contribution in [0.25, 0.3) is 11.3 Å². The molecular formula is C18H23Cl2N3OS. The number of thiazole rings is 1. The molecule has 25 heavy (non-hydrogen) atoms. The molecule has 4 nitrogen and oxygen atoms in total. The summed E-state index contributed by atoms with van der Waals surface area (Å²) < 4.78 is 0. The molecular weight excluding hydrogens is 377 g/mol. The zero-order valence-corrected chi connectivity index (χ0v) is 16.6. The predicted octanol–water partition coefficient (Wildman–Crippen LogP) is 3.93. The summed E-state index contributed by atoms with van der Waals surface area (Å²) in [5.74, 6) is 0.142. The van der Waals surface area contributed by atoms with E-state index >= 15 is 0 Å². The van der Waals surface area contributed by atoms with Gasteiger partial charge in [-0.3, -0.25) is 4.79 Å². The molecule has 2 saturated heterocycles. The van der Waals surface area contributed by atoms with Crippen molar-refractivity contribution in [2.45, 2.75) is 38.3 Å². The number of aryl methyl sites for hydroxylation is 1. The molecule has 2 aromatic rings. The average Bonchev–Trinajstić information content (AvgIpc) is 3.10. The zero-order chi connectivity index (χ0) is 15.8. The van der Waals surface area contributed by atoms with E-state index in [1.807, 2.05) is 42.2 Å². The van der Waals surface area contributed by atoms with Crippen LogP contribution < -0.4 is 5.32 Å². The summed E-state index contributed by atoms with van der Waals surface area (Å²) in [4.78, 5) is 20.5. The number of hydrogen-bond acceptors (Lipinski definition) is 4. The molecule has 2 bridgehead atoms. The van der Waals surface area contributed by atoms with Crippen LogP contribution in [0.5, 0.6) is 0 Å². The standard InChI is InChI=1S/C18H21N3OS.2ClH/c1-12-19-16(13-5-3-2-4-6-13)17(23-12)18(22)21-10-9-14-7-8-15(11-21)20-14;;/h2-6,14-15,20H,7-11H2,1H3;2*1H. The van der Waals surface area contributed by atoms with Gasteiger partial charge >= 0.3 is 0 Å². The van der Waals surface area contributed by atoms with E-state index in [1.54, 1.807) is 0 Å². The number of rotatable bonds is 2. The molecule has 2 atom stereocenters. The molecule has 136 valence electrons. The Bertz CT molecular complexity index is 722. The summed E-state index contributed by atoms with van der Waals surface area (Å²) in [5.41, 5.74) is 1.86. The summed E-state index contributed by atoms with van der Waals surface area (Å²) in [6.07, 6.45) is 3.49. The van der Waals surface area contributed by atoms with Crippen LogP contribution in [-0.2, 0) is 0 Å². The number of halogens is 2. The molecule has 0 aliphatic carbocycles. The van der Waals surface area contributed by atoms with Crippen LogP contribution in [0.2, 0.25) is 0 Å². The second-order valence-electron chi connectivity index (χ2n) is 6.45. The van der Waals surface area contributed by atoms with E-state index in [-0.39, 0.29) is 30.7 Å². The predicted molar refractivity (Wildman–Crippen MR) is 107 cm³/mol. The van der Waals surface area contributed by atoms with Crippen molar-refractivity contribution >= 4 is 42.1 Å². The summed E-state index contributed by atoms with van der Waals surface area (Å²) in [6.45, 7) is 3.64. The first-order valence-electron chi connectivity index (χ1n) is 8.29. The van der Waals surface area contributed by atoms with Gasteiger partial charge in [-0.1, -0.05) is 30.3 Å². The van der Waals surface area contributed by atoms with E-state index in [0.29, 0.717) is 12.1 Å². The fourth-order valence-corrected chi connectivity index (χ4v) is 4.54. The van der Waals surface area contributed by atoms with Gasteiger partial charge in [-0.05, 0) is 26.2 Å². The highest BCUT2D eigenvalue weighted by Crippen LogP contribution is 2.30. The SMILES string of the molecule is Cc1nc(-c2ccccc2)c(C(=O)N2CCC3CCC(C2)N3)s1.Cl.Cl. The summed E-state index contributed by atoms with van der Waals surface area (Å²) in [5, 5.41) is 4.58. The normalized spacial score (nSPS) is 21.9. The van der Waals surface area contributed by atoms with Crippen molar-refractivity contribution in [3.8, 4) is 11.3 Å². The highest BCUT2D eigenvalue weighted by Gasteiger charge is 2.33. The van der Waals surface area contributed by atoms with Crippen molar-refractivity contribution < 1.29 is 4.79 Å². The highest BCUT2D eigenvalue weighted by atomic mass is 35.5. The van der Waals surface area contributed by atoms with E-state index in [4.69, 9.17) is 0 Å². The maximum Gasteiger partial charge on any atom is 0.266 e. The van der Waals surface area contributed by atoms with Gasteiger partial charge in [-0.25, -0.2) is 4.98 Å². The van der Waals surface area contributed by atoms with Crippen LogP contribution in [0.4, 0.5) is 0 Å². The van der Waals surface area contributed by atoms with Gasteiger partial charge in [0.1, 0.15) is 4.88 Å². The van der Waals surface area contributed by atoms with Crippen LogP contribution in [0, 0.1) is 6.92 Å². The van der Waals surface area contributed by atoms with Crippen molar-refractivity contribution in [1.29, 1.82) is 0 Å². The minimum absolute atomic E-state index is 0. The Balaban J connectivity index is 0.00000113. The third-order valence-corrected chi connectivity index (χ3v) is 5.74. The third-order valence-electron chi connectivity index (χ3n) is 4.79. The lowest BCUT2D eigenvalue weighted by Gasteiger charge is -2.24. The first-order chi connectivity index (χ1) is 11.2. The number of fused-ring (bicyclic) bond motifs is 2. The third kappa shape index (κ3) is 4.17. The van der Waals surface area contributed by atoms with Crippen LogP contribution in [0.3, 0.4) is 0 Å². The van der Waals surface area contributed by atoms with E-state index in [2.05, 4.69) is 10.3 Å². The Hall–Kier alpha value is -1.14. The molecule has 1 aromatic heterocycles. The van der Waals surface area contributed by atoms with Crippen LogP contribution in [0.1, 0.15) is 33.9 Å². The number of amides is 1. The summed E-state index contributed by atoms with van der Waals surface area (Å²) >= 11 is 1.52. The van der Waals surface area contributed by atoms with E-state index < -0.39 is 0 Å². The lowest BCUT2D eigenvalue weighted by atomic mass is 10.1. The highest BCUT2D eigenvalue weighted by molar-refractivity contribution is 7.14. The number of carbonyl (C=O) groups is 1. The molecule has 0 radical (unpaired) electrons. The van der Waals surface area contributed by atoms with Crippen molar-refractivity contribution in [3.63, 3.8) is 0 Å². The molecule has 2 aliphatic heterocycles. The van der Waals surface area contributed by atoms with Gasteiger partial charge in [0.15, 0.2) is 0 Å². The Morgan fingerprint density at radius 1 is 1.16 bits per heavy atom. The zero-order valence-electron chi connectivity index (χ0n) is 14.1. The minimum Gasteiger partial charge on any atom is -0.336 e. The number of nitrogens with zero attached hydrogens (tertiary/aromatic N) is 2. The summed E-state index contributed by atoms with van der Waals surface area (Å²) in [6, 6.07) is 11.1. The number of carbonyl (C=O) groups excluding carboxylic acids is 1. The molecule has 0 saturated carbocycles. The largest absolute Gasteiger partial charge is 0.336 e. The number of benzene rings is 1. The first kappa shape index (κ1) is 20.2. The second kappa shape index (κ2) is 8.49. The number of likely N-dealkylation sites (tertiary alicyclic amines) is 1. The number of nitrogens with one attached hydrogen (secondary N) is 1. The average molecular weight is 400 g/mol. The smallest absolute Gasteiger partial charge is 0.266 e. The maximum atomic E-state index is 13.1. The molecule has 1 aromatic carbocycles. The van der Waals surface area contributed by atoms with Gasteiger partial charge in [0.05, 0.1) is 10.7 Å². The monoisotopic (exact) mass is 399 g/mol. The molecule has 2 aliphatic rings. The lowest BCUT2D eigenvalue weighted by Crippen LogP contribution is -2.38. The second-order valence-corrected chi connectivity index (χ2v) is 7.66. The molecule has 1 N–H and O–H groups in total. The van der Waals surface area contributed by atoms with Gasteiger partial charge in [0, 0.05) is 30.7 Å². The van der Waals surface area contributed by atoms with E-state index in [9.17, 15) is 4.79 Å². The molecule has 3 heterocycles. The molecule has 2 unspecified atom stereocenters. The van der Waals surface area contributed by atoms with Crippen LogP contribution in [0.15, 0.2) is 30.3 Å². The van der Waals surface area contributed by atoms with Crippen molar-refractivity contribution in [2.75, 3.05) is 13.1 Å². The van der Waals surface area contributed by atoms with E-state index in [0.717, 1.165) is 40.7 Å². The van der Waals surface area contributed by atoms with Gasteiger partial charge < -0.3 is 10.2 Å². The minimum atomic E-state index is 0. The lowest BCUT2D eigenvalue weighted by molar-refractivity contribution is 0.0753. The van der Waals surface area contributed by atoms with Gasteiger partial charge in [0.2, 0.25) is 0 Å². The quantitative estimate of drug-likeness (QED) is 0.831. The van der Waals surface area contributed by atoms with E-state index in [1.165, 1.54) is 24.2 Å². The van der Waals surface area contributed by atoms with Gasteiger partial charge in [-0.2, -0.15) is 0 Å². The van der Waals surface area contributed by atoms with Gasteiger partial charge in [0.25, 0.3) is 5.91 Å². The Kier molecular flexibility index (Phi) is 6.86. The van der Waals surface area contributed by atoms with Crippen LogP contribution in [-0.4, -0.2) is 41.0 Å². The Labute approximate surface area is 164 Å². The van der Waals surface area contributed by atoms with Crippen molar-refractivity contribution in [2.24, 2.45) is 0 Å². The molecule has 1 amide bonds. The molecule has 2 fully saturated rings. The first-order valence-corrected chi connectivity index (χ1v) is 9.10. The topological polar surface area (TPSA) is 45.2 Å². The number of aromatic nitrogens is 1. The van der Waals surface area contributed by atoms with Crippen molar-refractivity contribution in [3.05, 3.63) is 40.2 Å². The number of hydrogen-bond donors (Lipinski definition) is 1. The fraction of sp³-hybridized carbons (Fsp3) is 0.444. The van der Waals surface area contributed by atoms with Gasteiger partial charge in [-0.15, -0.1) is 36.2 Å². The fourth-order valence-electron chi connectivity index (χ4n) is 3.63. The Morgan fingerprint density at radius 3 is 2.64 bits per heavy atom. The maximum absolute atomic E-state index is 13.1. The van der Waals surface area contributed by atoms with Crippen molar-refractivity contribution in [1.82, 2.24) is 15.2 Å². The van der Waals surface area contributed by atoms with Crippen LogP contribution >= 0.6 is 36.2 Å².